The standard InChI is InChI=1S/C12H18FNOS/c1-9(2)7-16(15)8-11-4-3-10(6-14)5-12(11)13/h3-5,9H,6-8,14H2,1-2H3. The molecule has 0 spiro atoms. The molecule has 0 bridgehead atoms. The lowest BCUT2D eigenvalue weighted by molar-refractivity contribution is 0.612. The van der Waals surface area contributed by atoms with Crippen molar-refractivity contribution in [2.75, 3.05) is 5.75 Å². The molecule has 1 aromatic rings. The maximum atomic E-state index is 13.5. The van der Waals surface area contributed by atoms with Crippen LogP contribution in [-0.2, 0) is 23.1 Å². The zero-order valence-corrected chi connectivity index (χ0v) is 10.5. The Kier molecular flexibility index (Phi) is 5.09. The Labute approximate surface area is 98.5 Å². The topological polar surface area (TPSA) is 43.1 Å². The molecular weight excluding hydrogens is 225 g/mol. The van der Waals surface area contributed by atoms with Gasteiger partial charge in [-0.3, -0.25) is 4.21 Å². The molecule has 2 N–H and O–H groups in total. The smallest absolute Gasteiger partial charge is 0.127 e. The van der Waals surface area contributed by atoms with Crippen LogP contribution in [0.25, 0.3) is 0 Å². The average Bonchev–Trinajstić information content (AvgIpc) is 2.19. The van der Waals surface area contributed by atoms with E-state index in [-0.39, 0.29) is 11.6 Å². The zero-order valence-electron chi connectivity index (χ0n) is 9.70. The second-order valence-electron chi connectivity index (χ2n) is 4.27. The van der Waals surface area contributed by atoms with Gasteiger partial charge in [-0.05, 0) is 17.5 Å². The molecule has 0 aliphatic carbocycles. The third-order valence-corrected chi connectivity index (χ3v) is 3.86. The van der Waals surface area contributed by atoms with Gasteiger partial charge in [-0.25, -0.2) is 4.39 Å². The lowest BCUT2D eigenvalue weighted by Gasteiger charge is -2.07. The molecular formula is C12H18FNOS. The second-order valence-corrected chi connectivity index (χ2v) is 5.78. The predicted molar refractivity (Wildman–Crippen MR) is 65.8 cm³/mol. The van der Waals surface area contributed by atoms with Gasteiger partial charge in [0.15, 0.2) is 0 Å². The van der Waals surface area contributed by atoms with Crippen molar-refractivity contribution in [2.24, 2.45) is 11.7 Å². The summed E-state index contributed by atoms with van der Waals surface area (Å²) in [6, 6.07) is 4.88. The molecule has 90 valence electrons. The Bertz CT molecular complexity index is 379. The quantitative estimate of drug-likeness (QED) is 0.861. The van der Waals surface area contributed by atoms with Crippen LogP contribution in [-0.4, -0.2) is 9.96 Å². The number of hydrogen-bond acceptors (Lipinski definition) is 2. The van der Waals surface area contributed by atoms with Crippen molar-refractivity contribution in [3.63, 3.8) is 0 Å². The molecule has 0 aromatic heterocycles. The Morgan fingerprint density at radius 1 is 1.44 bits per heavy atom. The van der Waals surface area contributed by atoms with Crippen molar-refractivity contribution in [1.29, 1.82) is 0 Å². The van der Waals surface area contributed by atoms with Gasteiger partial charge in [-0.1, -0.05) is 26.0 Å². The fourth-order valence-electron chi connectivity index (χ4n) is 1.44. The molecule has 0 radical (unpaired) electrons. The Morgan fingerprint density at radius 3 is 2.62 bits per heavy atom. The summed E-state index contributed by atoms with van der Waals surface area (Å²) < 4.78 is 25.2. The monoisotopic (exact) mass is 243 g/mol. The molecule has 0 aliphatic rings. The Balaban J connectivity index is 2.70. The van der Waals surface area contributed by atoms with Crippen molar-refractivity contribution < 1.29 is 8.60 Å². The minimum atomic E-state index is -0.991. The first-order valence-corrected chi connectivity index (χ1v) is 6.84. The van der Waals surface area contributed by atoms with E-state index in [4.69, 9.17) is 5.73 Å². The summed E-state index contributed by atoms with van der Waals surface area (Å²) >= 11 is 0. The van der Waals surface area contributed by atoms with Crippen molar-refractivity contribution >= 4 is 10.8 Å². The van der Waals surface area contributed by atoms with Crippen LogP contribution < -0.4 is 5.73 Å². The summed E-state index contributed by atoms with van der Waals surface area (Å²) in [6.45, 7) is 4.34. The van der Waals surface area contributed by atoms with Crippen LogP contribution >= 0.6 is 0 Å². The first-order chi connectivity index (χ1) is 7.52. The van der Waals surface area contributed by atoms with E-state index in [1.807, 2.05) is 13.8 Å². The van der Waals surface area contributed by atoms with E-state index in [9.17, 15) is 8.60 Å². The van der Waals surface area contributed by atoms with Crippen LogP contribution in [0.5, 0.6) is 0 Å². The Hall–Kier alpha value is -0.740. The number of hydrogen-bond donors (Lipinski definition) is 1. The maximum Gasteiger partial charge on any atom is 0.127 e. The lowest BCUT2D eigenvalue weighted by Crippen LogP contribution is -2.08. The van der Waals surface area contributed by atoms with Gasteiger partial charge < -0.3 is 5.73 Å². The van der Waals surface area contributed by atoms with Crippen LogP contribution in [0, 0.1) is 11.7 Å². The van der Waals surface area contributed by atoms with E-state index < -0.39 is 10.8 Å². The summed E-state index contributed by atoms with van der Waals surface area (Å²) in [4.78, 5) is 0. The molecule has 1 unspecified atom stereocenters. The van der Waals surface area contributed by atoms with Gasteiger partial charge in [-0.2, -0.15) is 0 Å². The van der Waals surface area contributed by atoms with Gasteiger partial charge >= 0.3 is 0 Å². The second kappa shape index (κ2) is 6.11. The summed E-state index contributed by atoms with van der Waals surface area (Å²) in [5.41, 5.74) is 6.68. The van der Waals surface area contributed by atoms with Crippen LogP contribution in [0.4, 0.5) is 4.39 Å². The predicted octanol–water partition coefficient (Wildman–Crippen LogP) is 2.19. The molecule has 2 nitrogen and oxygen atoms in total. The first kappa shape index (κ1) is 13.3. The third kappa shape index (κ3) is 4.02. The van der Waals surface area contributed by atoms with E-state index in [1.165, 1.54) is 6.07 Å². The van der Waals surface area contributed by atoms with Crippen LogP contribution in [0.3, 0.4) is 0 Å². The SMILES string of the molecule is CC(C)CS(=O)Cc1ccc(CN)cc1F. The Morgan fingerprint density at radius 2 is 2.12 bits per heavy atom. The van der Waals surface area contributed by atoms with Gasteiger partial charge in [0.05, 0.1) is 5.75 Å². The van der Waals surface area contributed by atoms with E-state index in [2.05, 4.69) is 0 Å². The molecule has 4 heteroatoms. The summed E-state index contributed by atoms with van der Waals surface area (Å²) in [7, 11) is -0.991. The molecule has 1 aromatic carbocycles. The molecule has 0 amide bonds. The van der Waals surface area contributed by atoms with Gasteiger partial charge in [0.1, 0.15) is 5.82 Å². The molecule has 1 atom stereocenters. The highest BCUT2D eigenvalue weighted by Gasteiger charge is 2.09. The highest BCUT2D eigenvalue weighted by atomic mass is 32.2. The number of nitrogens with two attached hydrogens (primary N) is 1. The van der Waals surface area contributed by atoms with Crippen LogP contribution in [0.2, 0.25) is 0 Å². The third-order valence-electron chi connectivity index (χ3n) is 2.19. The summed E-state index contributed by atoms with van der Waals surface area (Å²) in [6.07, 6.45) is 0. The molecule has 16 heavy (non-hydrogen) atoms. The van der Waals surface area contributed by atoms with Gasteiger partial charge in [0.25, 0.3) is 0 Å². The molecule has 0 heterocycles. The lowest BCUT2D eigenvalue weighted by atomic mass is 10.1. The summed E-state index contributed by atoms with van der Waals surface area (Å²) in [5.74, 6) is 0.958. The van der Waals surface area contributed by atoms with Crippen molar-refractivity contribution in [2.45, 2.75) is 26.1 Å². The molecule has 0 aliphatic heterocycles. The minimum absolute atomic E-state index is 0.287. The molecule has 1 rings (SSSR count). The normalized spacial score (nSPS) is 13.1. The minimum Gasteiger partial charge on any atom is -0.326 e. The van der Waals surface area contributed by atoms with E-state index >= 15 is 0 Å². The van der Waals surface area contributed by atoms with Gasteiger partial charge in [-0.15, -0.1) is 0 Å². The van der Waals surface area contributed by atoms with E-state index in [1.54, 1.807) is 12.1 Å². The van der Waals surface area contributed by atoms with Crippen molar-refractivity contribution in [1.82, 2.24) is 0 Å². The fraction of sp³-hybridized carbons (Fsp3) is 0.500. The molecule has 0 saturated heterocycles. The largest absolute Gasteiger partial charge is 0.326 e. The fourth-order valence-corrected chi connectivity index (χ4v) is 2.88. The van der Waals surface area contributed by atoms with E-state index in [0.29, 0.717) is 23.8 Å². The summed E-state index contributed by atoms with van der Waals surface area (Å²) in [5, 5.41) is 0. The maximum absolute atomic E-state index is 13.5. The van der Waals surface area contributed by atoms with Crippen molar-refractivity contribution in [3.8, 4) is 0 Å². The number of rotatable bonds is 5. The van der Waals surface area contributed by atoms with Crippen LogP contribution in [0.1, 0.15) is 25.0 Å². The molecule has 0 fully saturated rings. The number of halogens is 1. The number of benzene rings is 1. The average molecular weight is 243 g/mol. The molecule has 0 saturated carbocycles. The van der Waals surface area contributed by atoms with Crippen molar-refractivity contribution in [3.05, 3.63) is 35.1 Å². The highest BCUT2D eigenvalue weighted by molar-refractivity contribution is 7.84. The van der Waals surface area contributed by atoms with Gasteiger partial charge in [0.2, 0.25) is 0 Å². The van der Waals surface area contributed by atoms with Crippen LogP contribution in [0.15, 0.2) is 18.2 Å². The van der Waals surface area contributed by atoms with Gasteiger partial charge in [0, 0.05) is 28.7 Å². The first-order valence-electron chi connectivity index (χ1n) is 5.35. The highest BCUT2D eigenvalue weighted by Crippen LogP contribution is 2.13. The zero-order chi connectivity index (χ0) is 12.1. The van der Waals surface area contributed by atoms with E-state index in [0.717, 1.165) is 5.56 Å².